The fourth-order valence-electron chi connectivity index (χ4n) is 11.2. The molecule has 552 valence electrons. The van der Waals surface area contributed by atoms with Crippen LogP contribution in [0.1, 0.15) is 370 Å². The molecule has 0 saturated carbocycles. The van der Waals surface area contributed by atoms with Crippen molar-refractivity contribution in [2.24, 2.45) is 23.7 Å². The fraction of sp³-hybridized carbons (Fsp3) is 0.946. The molecule has 0 saturated heterocycles. The molecule has 2 unspecified atom stereocenters. The summed E-state index contributed by atoms with van der Waals surface area (Å²) in [4.78, 5) is 72.6. The third kappa shape index (κ3) is 68.4. The quantitative estimate of drug-likeness (QED) is 0.0222. The van der Waals surface area contributed by atoms with Crippen LogP contribution in [0.5, 0.6) is 0 Å². The largest absolute Gasteiger partial charge is 0.472 e. The molecule has 0 spiro atoms. The highest BCUT2D eigenvalue weighted by molar-refractivity contribution is 7.47. The van der Waals surface area contributed by atoms with Gasteiger partial charge in [-0.05, 0) is 49.4 Å². The van der Waals surface area contributed by atoms with E-state index in [-0.39, 0.29) is 25.7 Å². The van der Waals surface area contributed by atoms with Gasteiger partial charge in [-0.1, -0.05) is 319 Å². The topological polar surface area (TPSA) is 237 Å². The van der Waals surface area contributed by atoms with Crippen molar-refractivity contribution in [3.8, 4) is 0 Å². The molecule has 93 heavy (non-hydrogen) atoms. The Morgan fingerprint density at radius 2 is 0.452 bits per heavy atom. The summed E-state index contributed by atoms with van der Waals surface area (Å²) in [6.45, 7) is 14.1. The second-order valence-corrected chi connectivity index (χ2v) is 31.5. The third-order valence-corrected chi connectivity index (χ3v) is 19.0. The van der Waals surface area contributed by atoms with Gasteiger partial charge in [-0.25, -0.2) is 9.13 Å². The van der Waals surface area contributed by atoms with E-state index in [9.17, 15) is 43.2 Å². The molecular formula is C74H144O17P2. The van der Waals surface area contributed by atoms with E-state index in [0.29, 0.717) is 37.5 Å². The van der Waals surface area contributed by atoms with Crippen LogP contribution >= 0.6 is 15.6 Å². The molecule has 5 atom stereocenters. The number of unbranched alkanes of at least 4 members (excludes halogenated alkanes) is 37. The van der Waals surface area contributed by atoms with Gasteiger partial charge in [0.05, 0.1) is 26.4 Å². The highest BCUT2D eigenvalue weighted by atomic mass is 31.2. The van der Waals surface area contributed by atoms with E-state index >= 15 is 0 Å². The van der Waals surface area contributed by atoms with Gasteiger partial charge in [0, 0.05) is 25.7 Å². The Labute approximate surface area is 568 Å². The molecule has 3 N–H and O–H groups in total. The van der Waals surface area contributed by atoms with Gasteiger partial charge < -0.3 is 33.8 Å². The van der Waals surface area contributed by atoms with Gasteiger partial charge in [-0.2, -0.15) is 0 Å². The Morgan fingerprint density at radius 1 is 0.269 bits per heavy atom. The van der Waals surface area contributed by atoms with Crippen LogP contribution in [-0.4, -0.2) is 96.7 Å². The van der Waals surface area contributed by atoms with E-state index in [2.05, 4.69) is 55.4 Å². The van der Waals surface area contributed by atoms with Crippen molar-refractivity contribution in [1.29, 1.82) is 0 Å². The highest BCUT2D eigenvalue weighted by Crippen LogP contribution is 2.45. The maximum Gasteiger partial charge on any atom is 0.472 e. The van der Waals surface area contributed by atoms with Crippen molar-refractivity contribution < 1.29 is 80.2 Å². The van der Waals surface area contributed by atoms with Crippen LogP contribution in [-0.2, 0) is 65.4 Å². The lowest BCUT2D eigenvalue weighted by Gasteiger charge is -2.21. The smallest absolute Gasteiger partial charge is 0.462 e. The number of aliphatic hydroxyl groups is 1. The van der Waals surface area contributed by atoms with Crippen LogP contribution in [0.2, 0.25) is 0 Å². The van der Waals surface area contributed by atoms with Crippen LogP contribution in [0.4, 0.5) is 0 Å². The number of esters is 4. The summed E-state index contributed by atoms with van der Waals surface area (Å²) in [6.07, 6.45) is 47.6. The number of carbonyl (C=O) groups is 4. The zero-order chi connectivity index (χ0) is 68.9. The minimum Gasteiger partial charge on any atom is -0.462 e. The van der Waals surface area contributed by atoms with E-state index in [0.717, 1.165) is 108 Å². The molecule has 0 aromatic heterocycles. The first kappa shape index (κ1) is 91.1. The van der Waals surface area contributed by atoms with Crippen molar-refractivity contribution in [3.63, 3.8) is 0 Å². The molecular weight excluding hydrogens is 1220 g/mol. The molecule has 0 bridgehead atoms. The molecule has 0 rings (SSSR count). The monoisotopic (exact) mass is 1370 g/mol. The highest BCUT2D eigenvalue weighted by Gasteiger charge is 2.30. The number of rotatable bonds is 71. The molecule has 0 fully saturated rings. The minimum absolute atomic E-state index is 0.101. The van der Waals surface area contributed by atoms with Crippen LogP contribution < -0.4 is 0 Å². The third-order valence-electron chi connectivity index (χ3n) is 17.1. The summed E-state index contributed by atoms with van der Waals surface area (Å²) in [5.74, 6) is 0.819. The summed E-state index contributed by atoms with van der Waals surface area (Å²) in [5, 5.41) is 10.6. The average molecular weight is 1370 g/mol. The first-order valence-electron chi connectivity index (χ1n) is 38.2. The van der Waals surface area contributed by atoms with Gasteiger partial charge in [0.25, 0.3) is 0 Å². The van der Waals surface area contributed by atoms with Gasteiger partial charge in [-0.15, -0.1) is 0 Å². The number of carbonyl (C=O) groups excluding carboxylic acids is 4. The standard InChI is InChI=1S/C74H144O17P2/c1-64(2)50-42-34-26-22-18-14-11-9-10-12-16-21-25-29-40-48-56-73(78)90-69(60-84-71(76)54-46-38-28-24-20-17-13-15-19-23-27-35-43-51-65(3)4)62-88-92(80,81)86-58-68(75)59-87-93(82,83)89-63-70(91-74(79)57-49-41-33-31-37-45-53-67(7)8)61-85-72(77)55-47-39-32-30-36-44-52-66(5)6/h64-70,75H,9-63H2,1-8H3,(H,80,81)(H,82,83)/t68-,69-,70-/m1/s1. The Bertz CT molecular complexity index is 1830. The number of hydrogen-bond acceptors (Lipinski definition) is 15. The van der Waals surface area contributed by atoms with Gasteiger partial charge in [0.1, 0.15) is 19.3 Å². The summed E-state index contributed by atoms with van der Waals surface area (Å²) >= 11 is 0. The van der Waals surface area contributed by atoms with Crippen LogP contribution in [0.15, 0.2) is 0 Å². The summed E-state index contributed by atoms with van der Waals surface area (Å²) in [5.41, 5.74) is 0. The maximum absolute atomic E-state index is 13.1. The molecule has 17 nitrogen and oxygen atoms in total. The fourth-order valence-corrected chi connectivity index (χ4v) is 12.8. The predicted molar refractivity (Wildman–Crippen MR) is 377 cm³/mol. The molecule has 0 aromatic carbocycles. The minimum atomic E-state index is -4.96. The van der Waals surface area contributed by atoms with Gasteiger partial charge in [0.2, 0.25) is 0 Å². The van der Waals surface area contributed by atoms with E-state index in [1.165, 1.54) is 167 Å². The summed E-state index contributed by atoms with van der Waals surface area (Å²) in [6, 6.07) is 0. The van der Waals surface area contributed by atoms with Crippen molar-refractivity contribution in [2.45, 2.75) is 388 Å². The molecule has 0 aromatic rings. The molecule has 19 heteroatoms. The van der Waals surface area contributed by atoms with Crippen molar-refractivity contribution in [2.75, 3.05) is 39.6 Å². The molecule has 0 heterocycles. The van der Waals surface area contributed by atoms with E-state index in [1.807, 2.05) is 0 Å². The zero-order valence-corrected chi connectivity index (χ0v) is 62.7. The van der Waals surface area contributed by atoms with Crippen molar-refractivity contribution in [1.82, 2.24) is 0 Å². The molecule has 0 radical (unpaired) electrons. The first-order chi connectivity index (χ1) is 44.6. The number of hydrogen-bond donors (Lipinski definition) is 3. The number of phosphoric acid groups is 2. The second kappa shape index (κ2) is 63.5. The Balaban J connectivity index is 5.20. The van der Waals surface area contributed by atoms with Gasteiger partial charge >= 0.3 is 39.5 Å². The summed E-state index contributed by atoms with van der Waals surface area (Å²) in [7, 11) is -9.91. The first-order valence-corrected chi connectivity index (χ1v) is 41.2. The molecule has 0 aliphatic heterocycles. The lowest BCUT2D eigenvalue weighted by molar-refractivity contribution is -0.161. The van der Waals surface area contributed by atoms with E-state index in [1.54, 1.807) is 0 Å². The maximum atomic E-state index is 13.1. The predicted octanol–water partition coefficient (Wildman–Crippen LogP) is 21.3. The SMILES string of the molecule is CC(C)CCCCCCCCCCCCCCCCCCC(=O)O[C@H](COC(=O)CCCCCCCCCCCCCCCC(C)C)COP(=O)(O)OC[C@@H](O)COP(=O)(O)OC[C@@H](COC(=O)CCCCCCCCC(C)C)OC(=O)CCCCCCCCC(C)C. The number of phosphoric ester groups is 2. The molecule has 0 aliphatic rings. The zero-order valence-electron chi connectivity index (χ0n) is 60.9. The lowest BCUT2D eigenvalue weighted by Crippen LogP contribution is -2.30. The van der Waals surface area contributed by atoms with Gasteiger partial charge in [0.15, 0.2) is 12.2 Å². The van der Waals surface area contributed by atoms with Gasteiger partial charge in [-0.3, -0.25) is 37.3 Å². The van der Waals surface area contributed by atoms with Crippen molar-refractivity contribution in [3.05, 3.63) is 0 Å². The Kier molecular flexibility index (Phi) is 62.2. The van der Waals surface area contributed by atoms with E-state index < -0.39 is 97.5 Å². The van der Waals surface area contributed by atoms with Crippen LogP contribution in [0.25, 0.3) is 0 Å². The Morgan fingerprint density at radius 3 is 0.667 bits per heavy atom. The van der Waals surface area contributed by atoms with Crippen molar-refractivity contribution >= 4 is 39.5 Å². The van der Waals surface area contributed by atoms with Crippen LogP contribution in [0.3, 0.4) is 0 Å². The van der Waals surface area contributed by atoms with E-state index in [4.69, 9.17) is 37.0 Å². The Hall–Kier alpha value is -1.94. The summed E-state index contributed by atoms with van der Waals surface area (Å²) < 4.78 is 68.3. The second-order valence-electron chi connectivity index (χ2n) is 28.6. The molecule has 0 aliphatic carbocycles. The molecule has 0 amide bonds. The normalized spacial score (nSPS) is 14.2. The van der Waals surface area contributed by atoms with Crippen LogP contribution in [0, 0.1) is 23.7 Å². The average Bonchev–Trinajstić information content (AvgIpc) is 1.61. The number of ether oxygens (including phenoxy) is 4. The lowest BCUT2D eigenvalue weighted by atomic mass is 10.0. The number of aliphatic hydroxyl groups excluding tert-OH is 1.